The van der Waals surface area contributed by atoms with E-state index in [4.69, 9.17) is 11.6 Å². The summed E-state index contributed by atoms with van der Waals surface area (Å²) in [7, 11) is 0. The van der Waals surface area contributed by atoms with Crippen molar-refractivity contribution in [2.24, 2.45) is 5.92 Å². The monoisotopic (exact) mass is 329 g/mol. The first-order chi connectivity index (χ1) is 11.2. The third-order valence-corrected chi connectivity index (χ3v) is 4.46. The fraction of sp³-hybridized carbons (Fsp3) is 0.333. The number of anilines is 1. The summed E-state index contributed by atoms with van der Waals surface area (Å²) < 4.78 is 0. The minimum Gasteiger partial charge on any atom is -0.371 e. The van der Waals surface area contributed by atoms with E-state index < -0.39 is 0 Å². The van der Waals surface area contributed by atoms with Gasteiger partial charge in [0.15, 0.2) is 0 Å². The maximum Gasteiger partial charge on any atom is 0.223 e. The third kappa shape index (κ3) is 4.23. The fourth-order valence-corrected chi connectivity index (χ4v) is 3.09. The predicted molar refractivity (Wildman–Crippen MR) is 92.5 cm³/mol. The Hall–Kier alpha value is -2.07. The fourth-order valence-electron chi connectivity index (χ4n) is 2.92. The number of hydrogen-bond acceptors (Lipinski definition) is 3. The van der Waals surface area contributed by atoms with Crippen LogP contribution in [0.3, 0.4) is 0 Å². The molecule has 0 atom stereocenters. The normalized spacial score (nSPS) is 15.4. The molecule has 1 aromatic carbocycles. The van der Waals surface area contributed by atoms with Crippen LogP contribution in [-0.4, -0.2) is 24.0 Å². The lowest BCUT2D eigenvalue weighted by atomic mass is 9.95. The molecule has 1 aliphatic rings. The number of aromatic nitrogens is 1. The van der Waals surface area contributed by atoms with Gasteiger partial charge in [-0.3, -0.25) is 4.79 Å². The zero-order chi connectivity index (χ0) is 16.1. The lowest BCUT2D eigenvalue weighted by Gasteiger charge is -2.33. The van der Waals surface area contributed by atoms with E-state index in [1.165, 1.54) is 0 Å². The van der Waals surface area contributed by atoms with E-state index in [9.17, 15) is 4.79 Å². The smallest absolute Gasteiger partial charge is 0.223 e. The summed E-state index contributed by atoms with van der Waals surface area (Å²) in [6.07, 6.45) is 3.44. The van der Waals surface area contributed by atoms with Crippen LogP contribution in [0.2, 0.25) is 5.15 Å². The number of nitrogens with one attached hydrogen (secondary N) is 1. The Morgan fingerprint density at radius 2 is 1.96 bits per heavy atom. The Bertz CT molecular complexity index is 654. The Morgan fingerprint density at radius 3 is 2.65 bits per heavy atom. The molecule has 0 saturated carbocycles. The van der Waals surface area contributed by atoms with Crippen molar-refractivity contribution in [3.05, 3.63) is 59.4 Å². The zero-order valence-electron chi connectivity index (χ0n) is 12.9. The molecule has 120 valence electrons. The van der Waals surface area contributed by atoms with Crippen LogP contribution in [-0.2, 0) is 11.3 Å². The maximum absolute atomic E-state index is 12.3. The predicted octanol–water partition coefficient (Wildman–Crippen LogP) is 3.27. The highest BCUT2D eigenvalue weighted by Gasteiger charge is 2.25. The summed E-state index contributed by atoms with van der Waals surface area (Å²) in [5.74, 6) is 0.244. The van der Waals surface area contributed by atoms with Crippen molar-refractivity contribution in [2.75, 3.05) is 18.0 Å². The zero-order valence-corrected chi connectivity index (χ0v) is 13.7. The van der Waals surface area contributed by atoms with Crippen LogP contribution in [0.15, 0.2) is 48.7 Å². The van der Waals surface area contributed by atoms with E-state index in [1.54, 1.807) is 6.20 Å². The number of nitrogens with zero attached hydrogens (tertiary/aromatic N) is 2. The molecule has 2 aromatic rings. The molecule has 0 radical (unpaired) electrons. The van der Waals surface area contributed by atoms with Crippen molar-refractivity contribution < 1.29 is 4.79 Å². The minimum absolute atomic E-state index is 0.0901. The standard InChI is InChI=1S/C18H20ClN3O/c19-17-12-16(6-9-20-17)22-10-7-15(8-11-22)18(23)21-13-14-4-2-1-3-5-14/h1-6,9,12,15H,7-8,10-11,13H2,(H,21,23). The van der Waals surface area contributed by atoms with Crippen molar-refractivity contribution in [2.45, 2.75) is 19.4 Å². The molecule has 3 rings (SSSR count). The van der Waals surface area contributed by atoms with Gasteiger partial charge in [0.1, 0.15) is 5.15 Å². The number of pyridine rings is 1. The molecule has 1 N–H and O–H groups in total. The Kier molecular flexibility index (Phi) is 5.13. The van der Waals surface area contributed by atoms with E-state index in [-0.39, 0.29) is 11.8 Å². The summed E-state index contributed by atoms with van der Waals surface area (Å²) in [6.45, 7) is 2.33. The number of amides is 1. The summed E-state index contributed by atoms with van der Waals surface area (Å²) in [5, 5.41) is 3.55. The number of carbonyl (C=O) groups excluding carboxylic acids is 1. The van der Waals surface area contributed by atoms with Crippen LogP contribution in [0.4, 0.5) is 5.69 Å². The molecular weight excluding hydrogens is 310 g/mol. The van der Waals surface area contributed by atoms with Gasteiger partial charge in [-0.2, -0.15) is 0 Å². The lowest BCUT2D eigenvalue weighted by Crippen LogP contribution is -2.40. The summed E-state index contributed by atoms with van der Waals surface area (Å²) in [5.41, 5.74) is 2.21. The van der Waals surface area contributed by atoms with E-state index in [2.05, 4.69) is 15.2 Å². The first-order valence-electron chi connectivity index (χ1n) is 7.90. The number of carbonyl (C=O) groups is 1. The van der Waals surface area contributed by atoms with Gasteiger partial charge < -0.3 is 10.2 Å². The molecule has 1 saturated heterocycles. The highest BCUT2D eigenvalue weighted by Crippen LogP contribution is 2.24. The molecule has 23 heavy (non-hydrogen) atoms. The van der Waals surface area contributed by atoms with Gasteiger partial charge in [-0.05, 0) is 30.5 Å². The molecule has 1 aromatic heterocycles. The molecule has 0 bridgehead atoms. The molecule has 1 aliphatic heterocycles. The summed E-state index contributed by atoms with van der Waals surface area (Å²) in [6, 6.07) is 13.8. The van der Waals surface area contributed by atoms with Gasteiger partial charge in [0.25, 0.3) is 0 Å². The van der Waals surface area contributed by atoms with E-state index in [0.29, 0.717) is 11.7 Å². The van der Waals surface area contributed by atoms with Gasteiger partial charge in [-0.25, -0.2) is 4.98 Å². The molecule has 0 aliphatic carbocycles. The Morgan fingerprint density at radius 1 is 1.22 bits per heavy atom. The van der Waals surface area contributed by atoms with Gasteiger partial charge in [0.05, 0.1) is 0 Å². The van der Waals surface area contributed by atoms with Crippen molar-refractivity contribution >= 4 is 23.2 Å². The van der Waals surface area contributed by atoms with Gasteiger partial charge in [-0.15, -0.1) is 0 Å². The molecule has 1 fully saturated rings. The van der Waals surface area contributed by atoms with E-state index in [0.717, 1.165) is 37.2 Å². The van der Waals surface area contributed by atoms with E-state index in [1.807, 2.05) is 42.5 Å². The maximum atomic E-state index is 12.3. The number of piperidine rings is 1. The van der Waals surface area contributed by atoms with Crippen molar-refractivity contribution in [1.82, 2.24) is 10.3 Å². The van der Waals surface area contributed by atoms with Gasteiger partial charge in [0.2, 0.25) is 5.91 Å². The highest BCUT2D eigenvalue weighted by atomic mass is 35.5. The van der Waals surface area contributed by atoms with Crippen LogP contribution >= 0.6 is 11.6 Å². The SMILES string of the molecule is O=C(NCc1ccccc1)C1CCN(c2ccnc(Cl)c2)CC1. The third-order valence-electron chi connectivity index (χ3n) is 4.25. The number of hydrogen-bond donors (Lipinski definition) is 1. The number of benzene rings is 1. The quantitative estimate of drug-likeness (QED) is 0.876. The van der Waals surface area contributed by atoms with Crippen molar-refractivity contribution in [3.63, 3.8) is 0 Å². The average Bonchev–Trinajstić information content (AvgIpc) is 2.61. The first-order valence-corrected chi connectivity index (χ1v) is 8.28. The van der Waals surface area contributed by atoms with Crippen LogP contribution in [0.5, 0.6) is 0 Å². The average molecular weight is 330 g/mol. The van der Waals surface area contributed by atoms with Gasteiger partial charge in [-0.1, -0.05) is 41.9 Å². The largest absolute Gasteiger partial charge is 0.371 e. The summed E-state index contributed by atoms with van der Waals surface area (Å²) in [4.78, 5) is 18.6. The molecule has 5 heteroatoms. The Labute approximate surface area is 141 Å². The minimum atomic E-state index is 0.0901. The second-order valence-electron chi connectivity index (χ2n) is 5.80. The van der Waals surface area contributed by atoms with Crippen molar-refractivity contribution in [3.8, 4) is 0 Å². The molecule has 1 amide bonds. The second-order valence-corrected chi connectivity index (χ2v) is 6.19. The topological polar surface area (TPSA) is 45.2 Å². The van der Waals surface area contributed by atoms with Crippen LogP contribution in [0.1, 0.15) is 18.4 Å². The molecule has 4 nitrogen and oxygen atoms in total. The Balaban J connectivity index is 1.49. The molecule has 2 heterocycles. The van der Waals surface area contributed by atoms with Crippen LogP contribution in [0.25, 0.3) is 0 Å². The van der Waals surface area contributed by atoms with Crippen molar-refractivity contribution in [1.29, 1.82) is 0 Å². The number of rotatable bonds is 4. The molecule has 0 spiro atoms. The van der Waals surface area contributed by atoms with Gasteiger partial charge >= 0.3 is 0 Å². The van der Waals surface area contributed by atoms with Crippen LogP contribution < -0.4 is 10.2 Å². The molecular formula is C18H20ClN3O. The lowest BCUT2D eigenvalue weighted by molar-refractivity contribution is -0.125. The highest BCUT2D eigenvalue weighted by molar-refractivity contribution is 6.29. The summed E-state index contributed by atoms with van der Waals surface area (Å²) >= 11 is 5.94. The van der Waals surface area contributed by atoms with Crippen LogP contribution in [0, 0.1) is 5.92 Å². The second kappa shape index (κ2) is 7.47. The van der Waals surface area contributed by atoms with Gasteiger partial charge in [0, 0.05) is 37.4 Å². The molecule has 0 unspecified atom stereocenters. The van der Waals surface area contributed by atoms with E-state index >= 15 is 0 Å². The first kappa shape index (κ1) is 15.8. The number of halogens is 1.